The fourth-order valence-corrected chi connectivity index (χ4v) is 3.99. The van der Waals surface area contributed by atoms with Crippen LogP contribution in [0.5, 0.6) is 11.6 Å². The Morgan fingerprint density at radius 3 is 2.65 bits per heavy atom. The molecule has 1 atom stereocenters. The van der Waals surface area contributed by atoms with Crippen LogP contribution in [-0.2, 0) is 0 Å². The number of hydrogen-bond acceptors (Lipinski definition) is 5. The number of ether oxygens (including phenoxy) is 1. The van der Waals surface area contributed by atoms with E-state index in [9.17, 15) is 4.79 Å². The topological polar surface area (TPSA) is 58.6 Å². The second kappa shape index (κ2) is 9.12. The van der Waals surface area contributed by atoms with Gasteiger partial charge in [0.25, 0.3) is 5.91 Å². The van der Waals surface area contributed by atoms with Crippen LogP contribution < -0.4 is 9.64 Å². The number of carbonyl (C=O) groups is 1. The molecule has 2 heterocycles. The van der Waals surface area contributed by atoms with Gasteiger partial charge in [-0.25, -0.2) is 9.97 Å². The lowest BCUT2D eigenvalue weighted by Crippen LogP contribution is -2.54. The molecule has 0 radical (unpaired) electrons. The van der Waals surface area contributed by atoms with Gasteiger partial charge >= 0.3 is 0 Å². The lowest BCUT2D eigenvalue weighted by Gasteiger charge is -2.40. The van der Waals surface area contributed by atoms with Crippen molar-refractivity contribution in [1.29, 1.82) is 0 Å². The number of piperazine rings is 1. The summed E-state index contributed by atoms with van der Waals surface area (Å²) in [7, 11) is 0. The Morgan fingerprint density at radius 1 is 1.06 bits per heavy atom. The summed E-state index contributed by atoms with van der Waals surface area (Å²) in [5.41, 5.74) is 1.57. The first-order valence-corrected chi connectivity index (χ1v) is 10.7. The van der Waals surface area contributed by atoms with Crippen molar-refractivity contribution in [2.24, 2.45) is 0 Å². The molecule has 1 aliphatic rings. The molecule has 0 bridgehead atoms. The Kier molecular flexibility index (Phi) is 6.30. The third-order valence-corrected chi connectivity index (χ3v) is 5.89. The molecule has 1 aliphatic heterocycles. The molecule has 0 N–H and O–H groups in total. The summed E-state index contributed by atoms with van der Waals surface area (Å²) in [4.78, 5) is 25.5. The number of benzene rings is 2. The molecular weight excluding hydrogens is 435 g/mol. The maximum atomic E-state index is 13.0. The van der Waals surface area contributed by atoms with Crippen molar-refractivity contribution in [2.75, 3.05) is 24.5 Å². The number of halogens is 2. The van der Waals surface area contributed by atoms with E-state index in [0.29, 0.717) is 46.9 Å². The Labute approximate surface area is 191 Å². The van der Waals surface area contributed by atoms with Gasteiger partial charge in [-0.2, -0.15) is 0 Å². The van der Waals surface area contributed by atoms with Crippen LogP contribution in [0.15, 0.2) is 54.9 Å². The summed E-state index contributed by atoms with van der Waals surface area (Å²) < 4.78 is 5.89. The normalized spacial score (nSPS) is 16.3. The fourth-order valence-electron chi connectivity index (χ4n) is 3.62. The number of carbonyl (C=O) groups excluding carboxylic acids is 1. The largest absolute Gasteiger partial charge is 0.437 e. The molecule has 0 spiro atoms. The average molecular weight is 457 g/mol. The minimum atomic E-state index is -0.0569. The minimum absolute atomic E-state index is 0.0110. The van der Waals surface area contributed by atoms with E-state index in [1.165, 1.54) is 6.33 Å². The third kappa shape index (κ3) is 4.75. The van der Waals surface area contributed by atoms with Gasteiger partial charge in [0.15, 0.2) is 0 Å². The van der Waals surface area contributed by atoms with Crippen LogP contribution in [0, 0.1) is 6.92 Å². The van der Waals surface area contributed by atoms with Gasteiger partial charge < -0.3 is 14.5 Å². The second-order valence-electron chi connectivity index (χ2n) is 7.52. The average Bonchev–Trinajstić information content (AvgIpc) is 2.76. The van der Waals surface area contributed by atoms with Crippen molar-refractivity contribution in [3.8, 4) is 11.6 Å². The van der Waals surface area contributed by atoms with Crippen LogP contribution in [-0.4, -0.2) is 46.5 Å². The molecule has 1 fully saturated rings. The van der Waals surface area contributed by atoms with E-state index >= 15 is 0 Å². The summed E-state index contributed by atoms with van der Waals surface area (Å²) in [5.74, 6) is 1.65. The van der Waals surface area contributed by atoms with Gasteiger partial charge in [0.1, 0.15) is 17.9 Å². The van der Waals surface area contributed by atoms with Crippen molar-refractivity contribution in [3.63, 3.8) is 0 Å². The van der Waals surface area contributed by atoms with Crippen LogP contribution in [0.2, 0.25) is 10.0 Å². The molecule has 1 amide bonds. The highest BCUT2D eigenvalue weighted by atomic mass is 35.5. The summed E-state index contributed by atoms with van der Waals surface area (Å²) in [6.45, 7) is 5.83. The van der Waals surface area contributed by atoms with Crippen LogP contribution in [0.4, 0.5) is 5.82 Å². The molecule has 4 rings (SSSR count). The molecule has 1 aromatic heterocycles. The second-order valence-corrected chi connectivity index (χ2v) is 8.34. The molecule has 3 aromatic rings. The Morgan fingerprint density at radius 2 is 1.87 bits per heavy atom. The number of aryl methyl sites for hydroxylation is 1. The number of amides is 1. The van der Waals surface area contributed by atoms with Gasteiger partial charge in [0.05, 0.1) is 15.6 Å². The summed E-state index contributed by atoms with van der Waals surface area (Å²) in [5, 5.41) is 0.987. The van der Waals surface area contributed by atoms with Crippen LogP contribution in [0.3, 0.4) is 0 Å². The molecule has 0 saturated carbocycles. The van der Waals surface area contributed by atoms with Crippen molar-refractivity contribution in [1.82, 2.24) is 14.9 Å². The smallest absolute Gasteiger partial charge is 0.255 e. The van der Waals surface area contributed by atoms with Crippen molar-refractivity contribution < 1.29 is 9.53 Å². The van der Waals surface area contributed by atoms with E-state index in [4.69, 9.17) is 27.9 Å². The fraction of sp³-hybridized carbons (Fsp3) is 0.261. The molecule has 2 aromatic carbocycles. The first-order valence-electron chi connectivity index (χ1n) is 9.99. The van der Waals surface area contributed by atoms with E-state index in [2.05, 4.69) is 14.9 Å². The Bertz CT molecular complexity index is 1110. The lowest BCUT2D eigenvalue weighted by molar-refractivity contribution is 0.0674. The van der Waals surface area contributed by atoms with Gasteiger partial charge in [0.2, 0.25) is 5.88 Å². The quantitative estimate of drug-likeness (QED) is 0.537. The van der Waals surface area contributed by atoms with Gasteiger partial charge in [0, 0.05) is 31.7 Å². The van der Waals surface area contributed by atoms with Crippen LogP contribution in [0.25, 0.3) is 0 Å². The SMILES string of the molecule is Cc1ccc(Cl)c(Oc2cc(N3CCN(C(=O)c4ccccc4Cl)C(C)C3)ncn2)c1. The monoisotopic (exact) mass is 456 g/mol. The Hall–Kier alpha value is -2.83. The summed E-state index contributed by atoms with van der Waals surface area (Å²) in [6, 6.07) is 14.5. The third-order valence-electron chi connectivity index (χ3n) is 5.25. The molecule has 160 valence electrons. The zero-order valence-electron chi connectivity index (χ0n) is 17.3. The number of anilines is 1. The molecular formula is C23H22Cl2N4O2. The van der Waals surface area contributed by atoms with E-state index in [1.54, 1.807) is 24.3 Å². The zero-order chi connectivity index (χ0) is 22.0. The summed E-state index contributed by atoms with van der Waals surface area (Å²) in [6.07, 6.45) is 1.47. The molecule has 8 heteroatoms. The first kappa shape index (κ1) is 21.4. The van der Waals surface area contributed by atoms with E-state index in [1.807, 2.05) is 43.0 Å². The number of rotatable bonds is 4. The van der Waals surface area contributed by atoms with Crippen LogP contribution >= 0.6 is 23.2 Å². The number of nitrogens with zero attached hydrogens (tertiary/aromatic N) is 4. The molecule has 31 heavy (non-hydrogen) atoms. The molecule has 1 unspecified atom stereocenters. The number of hydrogen-bond donors (Lipinski definition) is 0. The van der Waals surface area contributed by atoms with Gasteiger partial charge in [-0.3, -0.25) is 4.79 Å². The van der Waals surface area contributed by atoms with E-state index in [-0.39, 0.29) is 11.9 Å². The predicted molar refractivity (Wildman–Crippen MR) is 122 cm³/mol. The minimum Gasteiger partial charge on any atom is -0.437 e. The molecule has 0 aliphatic carbocycles. The zero-order valence-corrected chi connectivity index (χ0v) is 18.8. The van der Waals surface area contributed by atoms with E-state index < -0.39 is 0 Å². The van der Waals surface area contributed by atoms with E-state index in [0.717, 1.165) is 11.4 Å². The maximum Gasteiger partial charge on any atom is 0.255 e. The molecule has 6 nitrogen and oxygen atoms in total. The standard InChI is InChI=1S/C23H22Cl2N4O2/c1-15-7-8-19(25)20(11-15)31-22-12-21(26-14-27-22)28-9-10-29(16(2)13-28)23(30)17-5-3-4-6-18(17)24/h3-8,11-12,14,16H,9-10,13H2,1-2H3. The van der Waals surface area contributed by atoms with Crippen molar-refractivity contribution >= 4 is 34.9 Å². The molecule has 1 saturated heterocycles. The summed E-state index contributed by atoms with van der Waals surface area (Å²) >= 11 is 12.5. The van der Waals surface area contributed by atoms with Gasteiger partial charge in [-0.1, -0.05) is 41.4 Å². The van der Waals surface area contributed by atoms with Gasteiger partial charge in [-0.15, -0.1) is 0 Å². The Balaban J connectivity index is 1.47. The van der Waals surface area contributed by atoms with Gasteiger partial charge in [-0.05, 0) is 43.7 Å². The lowest BCUT2D eigenvalue weighted by atomic mass is 10.1. The highest BCUT2D eigenvalue weighted by molar-refractivity contribution is 6.33. The van der Waals surface area contributed by atoms with Crippen LogP contribution in [0.1, 0.15) is 22.8 Å². The van der Waals surface area contributed by atoms with Crippen molar-refractivity contribution in [2.45, 2.75) is 19.9 Å². The van der Waals surface area contributed by atoms with Crippen molar-refractivity contribution in [3.05, 3.63) is 76.0 Å². The first-order chi connectivity index (χ1) is 14.9. The predicted octanol–water partition coefficient (Wildman–Crippen LogP) is 5.24. The highest BCUT2D eigenvalue weighted by Crippen LogP contribution is 2.30. The highest BCUT2D eigenvalue weighted by Gasteiger charge is 2.29. The number of aromatic nitrogens is 2. The maximum absolute atomic E-state index is 13.0.